The van der Waals surface area contributed by atoms with Gasteiger partial charge in [0.1, 0.15) is 33.3 Å². The number of carbonyl (C=O) groups excluding carboxylic acids is 4. The van der Waals surface area contributed by atoms with Gasteiger partial charge in [-0.2, -0.15) is 0 Å². The van der Waals surface area contributed by atoms with Crippen molar-refractivity contribution in [3.63, 3.8) is 0 Å². The van der Waals surface area contributed by atoms with Gasteiger partial charge in [0.05, 0.1) is 11.1 Å². The molecular formula is C32H46N4O6S2. The molecule has 0 aliphatic rings. The molecule has 0 unspecified atom stereocenters. The van der Waals surface area contributed by atoms with E-state index in [0.717, 1.165) is 21.6 Å². The maximum Gasteiger partial charge on any atom is 0.329 e. The molecule has 0 aliphatic carbocycles. The highest BCUT2D eigenvalue weighted by Crippen LogP contribution is 2.38. The number of esters is 2. The molecule has 44 heavy (non-hydrogen) atoms. The molecule has 2 aromatic rings. The summed E-state index contributed by atoms with van der Waals surface area (Å²) in [6.07, 6.45) is 3.93. The second-order valence-corrected chi connectivity index (χ2v) is 15.4. The zero-order chi connectivity index (χ0) is 33.2. The lowest BCUT2D eigenvalue weighted by Crippen LogP contribution is -2.45. The Bertz CT molecular complexity index is 1200. The minimum Gasteiger partial charge on any atom is -0.458 e. The van der Waals surface area contributed by atoms with E-state index in [9.17, 15) is 19.2 Å². The highest BCUT2D eigenvalue weighted by Gasteiger charge is 2.30. The van der Waals surface area contributed by atoms with Gasteiger partial charge in [-0.25, -0.2) is 19.6 Å². The van der Waals surface area contributed by atoms with Crippen LogP contribution in [-0.2, 0) is 19.1 Å². The van der Waals surface area contributed by atoms with Crippen LogP contribution in [0.5, 0.6) is 0 Å². The molecule has 2 aromatic heterocycles. The van der Waals surface area contributed by atoms with E-state index in [-0.39, 0.29) is 23.0 Å². The highest BCUT2D eigenvalue weighted by molar-refractivity contribution is 8.76. The highest BCUT2D eigenvalue weighted by atomic mass is 33.1. The van der Waals surface area contributed by atoms with Gasteiger partial charge < -0.3 is 20.1 Å². The van der Waals surface area contributed by atoms with Gasteiger partial charge in [-0.05, 0) is 112 Å². The zero-order valence-electron chi connectivity index (χ0n) is 27.3. The molecule has 0 aliphatic heterocycles. The van der Waals surface area contributed by atoms with Crippen molar-refractivity contribution in [3.05, 3.63) is 47.8 Å². The monoisotopic (exact) mass is 646 g/mol. The number of hydrogen-bond donors (Lipinski definition) is 2. The van der Waals surface area contributed by atoms with Crippen molar-refractivity contribution in [3.8, 4) is 0 Å². The largest absolute Gasteiger partial charge is 0.458 e. The van der Waals surface area contributed by atoms with Crippen molar-refractivity contribution >= 4 is 45.3 Å². The van der Waals surface area contributed by atoms with Crippen molar-refractivity contribution in [1.29, 1.82) is 0 Å². The van der Waals surface area contributed by atoms with Crippen molar-refractivity contribution in [1.82, 2.24) is 20.6 Å². The quantitative estimate of drug-likeness (QED) is 0.190. The lowest BCUT2D eigenvalue weighted by molar-refractivity contribution is -0.158. The molecule has 242 valence electrons. The predicted octanol–water partition coefficient (Wildman–Crippen LogP) is 6.25. The van der Waals surface area contributed by atoms with Gasteiger partial charge in [-0.3, -0.25) is 9.59 Å². The van der Waals surface area contributed by atoms with E-state index in [1.807, 2.05) is 27.7 Å². The molecule has 0 radical (unpaired) electrons. The number of carbonyl (C=O) groups is 4. The van der Waals surface area contributed by atoms with Crippen LogP contribution in [0.4, 0.5) is 0 Å². The number of nitrogens with zero attached hydrogens (tertiary/aromatic N) is 2. The summed E-state index contributed by atoms with van der Waals surface area (Å²) in [5, 5.41) is 6.40. The Labute approximate surface area is 269 Å². The lowest BCUT2D eigenvalue weighted by Gasteiger charge is -2.25. The number of nitrogens with one attached hydrogen (secondary N) is 2. The summed E-state index contributed by atoms with van der Waals surface area (Å²) in [4.78, 5) is 61.2. The van der Waals surface area contributed by atoms with E-state index in [1.54, 1.807) is 78.2 Å². The number of amides is 2. The first-order chi connectivity index (χ1) is 20.4. The first-order valence-corrected chi connectivity index (χ1v) is 16.8. The van der Waals surface area contributed by atoms with Crippen LogP contribution in [0.25, 0.3) is 0 Å². The van der Waals surface area contributed by atoms with E-state index in [2.05, 4.69) is 20.6 Å². The lowest BCUT2D eigenvalue weighted by atomic mass is 10.0. The molecule has 2 N–H and O–H groups in total. The Balaban J connectivity index is 2.24. The molecule has 2 amide bonds. The normalized spacial score (nSPS) is 13.3. The third kappa shape index (κ3) is 12.9. The smallest absolute Gasteiger partial charge is 0.329 e. The molecule has 2 atom stereocenters. The van der Waals surface area contributed by atoms with Crippen molar-refractivity contribution in [2.75, 3.05) is 0 Å². The Morgan fingerprint density at radius 3 is 1.32 bits per heavy atom. The van der Waals surface area contributed by atoms with Gasteiger partial charge in [0.2, 0.25) is 0 Å². The van der Waals surface area contributed by atoms with Crippen LogP contribution in [0.1, 0.15) is 103 Å². The third-order valence-corrected chi connectivity index (χ3v) is 7.89. The zero-order valence-corrected chi connectivity index (χ0v) is 29.0. The van der Waals surface area contributed by atoms with Crippen LogP contribution in [0, 0.1) is 11.8 Å². The minimum atomic E-state index is -0.831. The van der Waals surface area contributed by atoms with Crippen LogP contribution in [0.2, 0.25) is 0 Å². The van der Waals surface area contributed by atoms with E-state index in [1.165, 1.54) is 0 Å². The average Bonchev–Trinajstić information content (AvgIpc) is 2.89. The second kappa shape index (κ2) is 16.3. The molecule has 2 heterocycles. The van der Waals surface area contributed by atoms with Gasteiger partial charge in [0, 0.05) is 12.4 Å². The molecule has 0 saturated heterocycles. The Morgan fingerprint density at radius 1 is 0.682 bits per heavy atom. The number of aromatic nitrogens is 2. The second-order valence-electron chi connectivity index (χ2n) is 13.3. The average molecular weight is 647 g/mol. The summed E-state index contributed by atoms with van der Waals surface area (Å²) < 4.78 is 11.1. The van der Waals surface area contributed by atoms with Gasteiger partial charge in [-0.1, -0.05) is 27.7 Å². The molecule has 2 rings (SSSR count). The standard InChI is InChI=1S/C32H46N4O6S2/c1-19(2)17-23(29(39)41-31(5,6)7)35-25(37)21-13-11-15-33-27(21)43-44-28-22(14-12-16-34-28)26(38)36-24(18-20(3)4)30(40)42-32(8,9)10/h11-16,19-20,23-24H,17-18H2,1-10H3,(H,35,37)(H,36,38)/t23-,24+. The Hall–Kier alpha value is -3.12. The fraction of sp³-hybridized carbons (Fsp3) is 0.562. The maximum atomic E-state index is 13.4. The van der Waals surface area contributed by atoms with Crippen LogP contribution >= 0.6 is 21.6 Å². The molecule has 0 spiro atoms. The Kier molecular flexibility index (Phi) is 13.7. The first kappa shape index (κ1) is 37.1. The molecule has 12 heteroatoms. The topological polar surface area (TPSA) is 137 Å². The summed E-state index contributed by atoms with van der Waals surface area (Å²) in [5.41, 5.74) is -0.855. The van der Waals surface area contributed by atoms with E-state index >= 15 is 0 Å². The van der Waals surface area contributed by atoms with Gasteiger partial charge >= 0.3 is 11.9 Å². The van der Waals surface area contributed by atoms with Crippen molar-refractivity contribution in [2.45, 2.75) is 115 Å². The fourth-order valence-corrected chi connectivity index (χ4v) is 6.06. The van der Waals surface area contributed by atoms with Gasteiger partial charge in [0.15, 0.2) is 0 Å². The van der Waals surface area contributed by atoms with Crippen LogP contribution in [0.15, 0.2) is 46.7 Å². The first-order valence-electron chi connectivity index (χ1n) is 14.7. The molecule has 0 fully saturated rings. The fourth-order valence-electron chi connectivity index (χ4n) is 3.93. The predicted molar refractivity (Wildman–Crippen MR) is 173 cm³/mol. The minimum absolute atomic E-state index is 0.135. The summed E-state index contributed by atoms with van der Waals surface area (Å²) in [6, 6.07) is 4.86. The molecule has 0 aromatic carbocycles. The summed E-state index contributed by atoms with van der Waals surface area (Å²) in [5.74, 6) is -1.67. The van der Waals surface area contributed by atoms with Crippen molar-refractivity contribution < 1.29 is 28.7 Å². The van der Waals surface area contributed by atoms with Gasteiger partial charge in [-0.15, -0.1) is 0 Å². The van der Waals surface area contributed by atoms with Crippen LogP contribution < -0.4 is 10.6 Å². The van der Waals surface area contributed by atoms with E-state index in [0.29, 0.717) is 22.9 Å². The van der Waals surface area contributed by atoms with Crippen molar-refractivity contribution in [2.24, 2.45) is 11.8 Å². The molecular weight excluding hydrogens is 601 g/mol. The van der Waals surface area contributed by atoms with E-state index in [4.69, 9.17) is 9.47 Å². The summed E-state index contributed by atoms with van der Waals surface area (Å²) in [7, 11) is 2.32. The third-order valence-electron chi connectivity index (χ3n) is 5.64. The number of hydrogen-bond acceptors (Lipinski definition) is 10. The molecule has 10 nitrogen and oxygen atoms in total. The number of rotatable bonds is 13. The summed E-state index contributed by atoms with van der Waals surface area (Å²) in [6.45, 7) is 18.5. The Morgan fingerprint density at radius 2 is 1.02 bits per heavy atom. The SMILES string of the molecule is CC(C)C[C@H](NC(=O)c1cccnc1SSc1ncccc1C(=O)N[C@H](CC(C)C)C(=O)OC(C)(C)C)C(=O)OC(C)(C)C. The maximum absolute atomic E-state index is 13.4. The van der Waals surface area contributed by atoms with E-state index < -0.39 is 47.0 Å². The molecule has 0 saturated carbocycles. The van der Waals surface area contributed by atoms with Crippen LogP contribution in [0.3, 0.4) is 0 Å². The summed E-state index contributed by atoms with van der Waals surface area (Å²) >= 11 is 0. The molecule has 0 bridgehead atoms. The number of ether oxygens (including phenoxy) is 2. The number of pyridine rings is 2. The van der Waals surface area contributed by atoms with Crippen LogP contribution in [-0.4, -0.2) is 57.0 Å². The van der Waals surface area contributed by atoms with Gasteiger partial charge in [0.25, 0.3) is 11.8 Å².